The Morgan fingerprint density at radius 1 is 0.788 bits per heavy atom. The molecule has 2 aliphatic carbocycles. The van der Waals surface area contributed by atoms with Gasteiger partial charge in [-0.2, -0.15) is 10.2 Å². The molecule has 6 rings (SSSR count). The summed E-state index contributed by atoms with van der Waals surface area (Å²) in [7, 11) is 0. The molecule has 4 unspecified atom stereocenters. The fraction of sp³-hybridized carbons (Fsp3) is 0.261. The number of hydrogen-bond acceptors (Lipinski definition) is 6. The first-order valence-corrected chi connectivity index (χ1v) is 11.3. The molecule has 0 bridgehead atoms. The molecule has 2 aromatic carbocycles. The lowest BCUT2D eigenvalue weighted by molar-refractivity contribution is 0.301. The highest BCUT2D eigenvalue weighted by Crippen LogP contribution is 2.67. The van der Waals surface area contributed by atoms with Crippen LogP contribution in [0.4, 0.5) is 0 Å². The smallest absolute Gasteiger partial charge is 0.137 e. The summed E-state index contributed by atoms with van der Waals surface area (Å²) in [6.07, 6.45) is 7.77. The molecule has 2 saturated carbocycles. The number of aromatic nitrogens is 6. The van der Waals surface area contributed by atoms with Gasteiger partial charge in [0, 0.05) is 21.9 Å². The summed E-state index contributed by atoms with van der Waals surface area (Å²) in [5.41, 5.74) is 1.39. The van der Waals surface area contributed by atoms with E-state index < -0.39 is 11.1 Å². The van der Waals surface area contributed by atoms with Gasteiger partial charge in [-0.05, 0) is 48.2 Å². The molecule has 10 heteroatoms. The highest BCUT2D eigenvalue weighted by molar-refractivity contribution is 6.30. The van der Waals surface area contributed by atoms with E-state index in [-0.39, 0.29) is 11.8 Å². The van der Waals surface area contributed by atoms with Crippen molar-refractivity contribution in [3.8, 4) is 0 Å². The molecule has 33 heavy (non-hydrogen) atoms. The number of oxime groups is 1. The summed E-state index contributed by atoms with van der Waals surface area (Å²) in [5.74, 6) is 0.0726. The second-order valence-corrected chi connectivity index (χ2v) is 9.47. The molecule has 4 atom stereocenters. The van der Waals surface area contributed by atoms with E-state index in [9.17, 15) is 5.21 Å². The van der Waals surface area contributed by atoms with Crippen molar-refractivity contribution in [2.24, 2.45) is 5.16 Å². The number of nitrogens with zero attached hydrogens (tertiary/aromatic N) is 7. The molecule has 2 aliphatic rings. The average Bonchev–Trinajstić information content (AvgIpc) is 3.52. The Morgan fingerprint density at radius 2 is 1.21 bits per heavy atom. The highest BCUT2D eigenvalue weighted by Gasteiger charge is 2.73. The zero-order chi connectivity index (χ0) is 22.6. The van der Waals surface area contributed by atoms with Crippen molar-refractivity contribution in [3.05, 3.63) is 95.0 Å². The molecule has 2 heterocycles. The van der Waals surface area contributed by atoms with Crippen LogP contribution in [0, 0.1) is 0 Å². The van der Waals surface area contributed by atoms with Gasteiger partial charge in [0.2, 0.25) is 0 Å². The second kappa shape index (κ2) is 7.40. The van der Waals surface area contributed by atoms with Gasteiger partial charge in [0.1, 0.15) is 42.1 Å². The molecular weight excluding hydrogens is 461 g/mol. The Bertz CT molecular complexity index is 1210. The molecule has 2 aromatic heterocycles. The van der Waals surface area contributed by atoms with E-state index in [0.29, 0.717) is 28.6 Å². The van der Waals surface area contributed by atoms with Crippen molar-refractivity contribution in [2.75, 3.05) is 0 Å². The van der Waals surface area contributed by atoms with Crippen LogP contribution in [-0.4, -0.2) is 40.4 Å². The van der Waals surface area contributed by atoms with Gasteiger partial charge in [-0.3, -0.25) is 0 Å². The van der Waals surface area contributed by atoms with Crippen LogP contribution in [0.25, 0.3) is 0 Å². The number of rotatable bonds is 6. The first-order valence-electron chi connectivity index (χ1n) is 10.5. The van der Waals surface area contributed by atoms with Crippen LogP contribution in [0.15, 0.2) is 79.0 Å². The molecule has 2 fully saturated rings. The third-order valence-electron chi connectivity index (χ3n) is 6.98. The van der Waals surface area contributed by atoms with Gasteiger partial charge >= 0.3 is 0 Å². The standard InChI is InChI=1S/C23H19Cl2N7O/c24-17-5-1-15(2-6-17)19-9-22(19,31-13-26-11-28-31)21(30-33)23(32-14-27-12-29-32)10-20(23)16-3-7-18(25)8-4-16/h1-8,11-14,19-20,33H,9-10H2. The van der Waals surface area contributed by atoms with Crippen LogP contribution in [0.3, 0.4) is 0 Å². The molecule has 8 nitrogen and oxygen atoms in total. The maximum atomic E-state index is 10.5. The lowest BCUT2D eigenvalue weighted by Gasteiger charge is -2.27. The van der Waals surface area contributed by atoms with E-state index in [2.05, 4.69) is 25.3 Å². The number of hydrogen-bond donors (Lipinski definition) is 1. The predicted molar refractivity (Wildman–Crippen MR) is 123 cm³/mol. The zero-order valence-electron chi connectivity index (χ0n) is 17.3. The minimum atomic E-state index is -0.688. The van der Waals surface area contributed by atoms with E-state index in [1.165, 1.54) is 12.7 Å². The highest BCUT2D eigenvalue weighted by atomic mass is 35.5. The Morgan fingerprint density at radius 3 is 1.55 bits per heavy atom. The van der Waals surface area contributed by atoms with E-state index >= 15 is 0 Å². The van der Waals surface area contributed by atoms with Gasteiger partial charge in [0.05, 0.1) is 0 Å². The fourth-order valence-corrected chi connectivity index (χ4v) is 5.56. The Hall–Kier alpha value is -3.23. The maximum Gasteiger partial charge on any atom is 0.137 e. The van der Waals surface area contributed by atoms with Crippen molar-refractivity contribution < 1.29 is 5.21 Å². The summed E-state index contributed by atoms with van der Waals surface area (Å²) >= 11 is 12.3. The Balaban J connectivity index is 1.49. The molecule has 0 aliphatic heterocycles. The number of halogens is 2. The lowest BCUT2D eigenvalue weighted by Crippen LogP contribution is -2.43. The Kier molecular flexibility index (Phi) is 4.57. The molecule has 4 aromatic rings. The van der Waals surface area contributed by atoms with E-state index in [1.54, 1.807) is 22.0 Å². The van der Waals surface area contributed by atoms with Crippen LogP contribution in [0.1, 0.15) is 35.8 Å². The van der Waals surface area contributed by atoms with Gasteiger partial charge in [0.25, 0.3) is 0 Å². The SMILES string of the molecule is ON=C(C1(n2cncn2)CC1c1ccc(Cl)cc1)C1(n2cncn2)CC1c1ccc(Cl)cc1. The summed E-state index contributed by atoms with van der Waals surface area (Å²) in [6, 6.07) is 15.5. The van der Waals surface area contributed by atoms with Crippen LogP contribution in [0.2, 0.25) is 10.0 Å². The quantitative estimate of drug-likeness (QED) is 0.250. The largest absolute Gasteiger partial charge is 0.411 e. The van der Waals surface area contributed by atoms with Crippen molar-refractivity contribution in [2.45, 2.75) is 35.8 Å². The lowest BCUT2D eigenvalue weighted by atomic mass is 9.92. The van der Waals surface area contributed by atoms with Gasteiger partial charge in [0.15, 0.2) is 0 Å². The molecule has 166 valence electrons. The van der Waals surface area contributed by atoms with Crippen LogP contribution in [-0.2, 0) is 11.1 Å². The maximum absolute atomic E-state index is 10.5. The van der Waals surface area contributed by atoms with Gasteiger partial charge < -0.3 is 5.21 Å². The third kappa shape index (κ3) is 3.01. The van der Waals surface area contributed by atoms with Gasteiger partial charge in [-0.15, -0.1) is 0 Å². The van der Waals surface area contributed by atoms with Crippen LogP contribution in [0.5, 0.6) is 0 Å². The minimum Gasteiger partial charge on any atom is -0.411 e. The molecule has 1 N–H and O–H groups in total. The van der Waals surface area contributed by atoms with Gasteiger partial charge in [-0.25, -0.2) is 19.3 Å². The number of benzene rings is 2. The zero-order valence-corrected chi connectivity index (χ0v) is 18.8. The fourth-order valence-electron chi connectivity index (χ4n) is 5.31. The summed E-state index contributed by atoms with van der Waals surface area (Å²) < 4.78 is 3.61. The predicted octanol–water partition coefficient (Wildman–Crippen LogP) is 4.47. The topological polar surface area (TPSA) is 94.0 Å². The molecular formula is C23H19Cl2N7O. The van der Waals surface area contributed by atoms with Crippen molar-refractivity contribution in [1.82, 2.24) is 29.5 Å². The minimum absolute atomic E-state index is 0.0363. The van der Waals surface area contributed by atoms with Crippen LogP contribution < -0.4 is 0 Å². The second-order valence-electron chi connectivity index (χ2n) is 8.59. The van der Waals surface area contributed by atoms with Crippen LogP contribution >= 0.6 is 23.2 Å². The first-order chi connectivity index (χ1) is 16.1. The average molecular weight is 480 g/mol. The van der Waals surface area contributed by atoms with Crippen molar-refractivity contribution in [3.63, 3.8) is 0 Å². The normalized spacial score (nSPS) is 27.8. The van der Waals surface area contributed by atoms with E-state index in [4.69, 9.17) is 23.2 Å². The molecule has 0 spiro atoms. The third-order valence-corrected chi connectivity index (χ3v) is 7.49. The van der Waals surface area contributed by atoms with E-state index in [1.807, 2.05) is 48.5 Å². The monoisotopic (exact) mass is 479 g/mol. The van der Waals surface area contributed by atoms with Crippen molar-refractivity contribution >= 4 is 28.9 Å². The van der Waals surface area contributed by atoms with E-state index in [0.717, 1.165) is 11.1 Å². The molecule has 0 saturated heterocycles. The summed E-state index contributed by atoms with van der Waals surface area (Å²) in [5, 5.41) is 24.7. The first kappa shape index (κ1) is 20.4. The molecule has 0 amide bonds. The summed E-state index contributed by atoms with van der Waals surface area (Å²) in [4.78, 5) is 8.37. The van der Waals surface area contributed by atoms with Crippen molar-refractivity contribution in [1.29, 1.82) is 0 Å². The summed E-state index contributed by atoms with van der Waals surface area (Å²) in [6.45, 7) is 0. The molecule has 0 radical (unpaired) electrons. The Labute approximate surface area is 199 Å². The van der Waals surface area contributed by atoms with Gasteiger partial charge in [-0.1, -0.05) is 52.6 Å².